The van der Waals surface area contributed by atoms with E-state index < -0.39 is 0 Å². The lowest BCUT2D eigenvalue weighted by molar-refractivity contribution is 0.0730. The molecule has 116 valence electrons. The van der Waals surface area contributed by atoms with Crippen LogP contribution in [0.15, 0.2) is 48.7 Å². The number of carbonyl (C=O) groups is 1. The maximum absolute atomic E-state index is 12.9. The van der Waals surface area contributed by atoms with Gasteiger partial charge >= 0.3 is 0 Å². The van der Waals surface area contributed by atoms with E-state index in [-0.39, 0.29) is 17.7 Å². The van der Waals surface area contributed by atoms with Gasteiger partial charge in [-0.3, -0.25) is 9.89 Å². The fraction of sp³-hybridized carbons (Fsp3) is 0.222. The summed E-state index contributed by atoms with van der Waals surface area (Å²) < 4.78 is 0. The van der Waals surface area contributed by atoms with Crippen LogP contribution in [-0.2, 0) is 0 Å². The molecule has 1 aromatic heterocycles. The number of nitrogens with zero attached hydrogens (tertiary/aromatic N) is 2. The summed E-state index contributed by atoms with van der Waals surface area (Å²) in [5.74, 6) is -0.0753. The van der Waals surface area contributed by atoms with E-state index in [0.29, 0.717) is 17.5 Å². The predicted molar refractivity (Wildman–Crippen MR) is 87.2 cm³/mol. The molecule has 5 heteroatoms. The third kappa shape index (κ3) is 2.25. The van der Waals surface area contributed by atoms with Gasteiger partial charge in [0.25, 0.3) is 5.91 Å². The van der Waals surface area contributed by atoms with E-state index in [1.54, 1.807) is 12.3 Å². The third-order valence-corrected chi connectivity index (χ3v) is 4.53. The lowest BCUT2D eigenvalue weighted by Gasteiger charge is -2.24. The standard InChI is InChI=1S/C18H17N3O2/c22-17-13-5-2-1-4-12(13)7-8-14(17)18(23)21-11-3-6-16(21)15-9-10-19-20-15/h1-2,4-5,7-10,16,22H,3,6,11H2,(H,19,20)/t16-/m1/s1. The predicted octanol–water partition coefficient (Wildman–Crippen LogP) is 3.25. The van der Waals surface area contributed by atoms with Crippen molar-refractivity contribution in [2.75, 3.05) is 6.54 Å². The van der Waals surface area contributed by atoms with Gasteiger partial charge in [0.2, 0.25) is 0 Å². The first-order valence-corrected chi connectivity index (χ1v) is 7.76. The minimum atomic E-state index is -0.134. The molecule has 0 bridgehead atoms. The Hall–Kier alpha value is -2.82. The highest BCUT2D eigenvalue weighted by molar-refractivity contribution is 6.03. The second-order valence-corrected chi connectivity index (χ2v) is 5.85. The first kappa shape index (κ1) is 13.8. The number of aromatic amines is 1. The summed E-state index contributed by atoms with van der Waals surface area (Å²) in [7, 11) is 0. The molecule has 3 aromatic rings. The molecule has 1 amide bonds. The zero-order valence-corrected chi connectivity index (χ0v) is 12.6. The number of amides is 1. The molecule has 2 aromatic carbocycles. The van der Waals surface area contributed by atoms with Crippen LogP contribution in [0.4, 0.5) is 0 Å². The smallest absolute Gasteiger partial charge is 0.258 e. The van der Waals surface area contributed by atoms with Gasteiger partial charge < -0.3 is 10.0 Å². The normalized spacial score (nSPS) is 17.7. The van der Waals surface area contributed by atoms with Gasteiger partial charge in [-0.1, -0.05) is 30.3 Å². The minimum absolute atomic E-state index is 0.00382. The molecule has 4 rings (SSSR count). The number of likely N-dealkylation sites (tertiary alicyclic amines) is 1. The van der Waals surface area contributed by atoms with Gasteiger partial charge in [-0.05, 0) is 30.4 Å². The van der Waals surface area contributed by atoms with E-state index in [1.807, 2.05) is 41.3 Å². The average molecular weight is 307 g/mol. The number of benzene rings is 2. The lowest BCUT2D eigenvalue weighted by Crippen LogP contribution is -2.30. The lowest BCUT2D eigenvalue weighted by atomic mass is 10.0. The first-order chi connectivity index (χ1) is 11.3. The van der Waals surface area contributed by atoms with Crippen molar-refractivity contribution in [1.82, 2.24) is 15.1 Å². The summed E-state index contributed by atoms with van der Waals surface area (Å²) >= 11 is 0. The summed E-state index contributed by atoms with van der Waals surface area (Å²) in [6.07, 6.45) is 3.55. The van der Waals surface area contributed by atoms with Crippen molar-refractivity contribution in [1.29, 1.82) is 0 Å². The van der Waals surface area contributed by atoms with Crippen molar-refractivity contribution in [3.05, 3.63) is 59.9 Å². The fourth-order valence-electron chi connectivity index (χ4n) is 3.37. The number of rotatable bonds is 2. The van der Waals surface area contributed by atoms with Gasteiger partial charge in [-0.25, -0.2) is 0 Å². The molecule has 5 nitrogen and oxygen atoms in total. The molecule has 2 N–H and O–H groups in total. The van der Waals surface area contributed by atoms with Crippen LogP contribution in [0.5, 0.6) is 5.75 Å². The number of phenolic OH excluding ortho intramolecular Hbond substituents is 1. The average Bonchev–Trinajstić information content (AvgIpc) is 3.26. The maximum Gasteiger partial charge on any atom is 0.258 e. The van der Waals surface area contributed by atoms with Gasteiger partial charge in [-0.15, -0.1) is 0 Å². The number of hydrogen-bond donors (Lipinski definition) is 2. The molecule has 0 saturated carbocycles. The van der Waals surface area contributed by atoms with E-state index in [2.05, 4.69) is 10.2 Å². The monoisotopic (exact) mass is 307 g/mol. The summed E-state index contributed by atoms with van der Waals surface area (Å²) in [5.41, 5.74) is 1.30. The van der Waals surface area contributed by atoms with Crippen molar-refractivity contribution in [2.45, 2.75) is 18.9 Å². The number of hydrogen-bond acceptors (Lipinski definition) is 3. The molecule has 0 radical (unpaired) electrons. The molecule has 0 aliphatic carbocycles. The highest BCUT2D eigenvalue weighted by Gasteiger charge is 2.32. The Balaban J connectivity index is 1.73. The van der Waals surface area contributed by atoms with Gasteiger partial charge in [0.05, 0.1) is 17.3 Å². The minimum Gasteiger partial charge on any atom is -0.506 e. The molecule has 0 spiro atoms. The Kier molecular flexibility index (Phi) is 3.26. The second-order valence-electron chi connectivity index (χ2n) is 5.85. The fourth-order valence-corrected chi connectivity index (χ4v) is 3.37. The van der Waals surface area contributed by atoms with Crippen LogP contribution in [0.3, 0.4) is 0 Å². The van der Waals surface area contributed by atoms with E-state index >= 15 is 0 Å². The van der Waals surface area contributed by atoms with Gasteiger partial charge in [0.15, 0.2) is 0 Å². The topological polar surface area (TPSA) is 69.2 Å². The van der Waals surface area contributed by atoms with E-state index in [9.17, 15) is 9.90 Å². The van der Waals surface area contributed by atoms with Crippen LogP contribution < -0.4 is 0 Å². The maximum atomic E-state index is 12.9. The summed E-state index contributed by atoms with van der Waals surface area (Å²) in [5, 5.41) is 19.1. The van der Waals surface area contributed by atoms with Gasteiger partial charge in [-0.2, -0.15) is 5.10 Å². The molecule has 0 unspecified atom stereocenters. The summed E-state index contributed by atoms with van der Waals surface area (Å²) in [6.45, 7) is 0.689. The van der Waals surface area contributed by atoms with Crippen molar-refractivity contribution in [2.24, 2.45) is 0 Å². The van der Waals surface area contributed by atoms with Gasteiger partial charge in [0.1, 0.15) is 5.75 Å². The number of carbonyl (C=O) groups excluding carboxylic acids is 1. The quantitative estimate of drug-likeness (QED) is 0.763. The van der Waals surface area contributed by atoms with Crippen molar-refractivity contribution in [3.63, 3.8) is 0 Å². The van der Waals surface area contributed by atoms with Crippen LogP contribution in [0.1, 0.15) is 34.9 Å². The molecule has 1 atom stereocenters. The van der Waals surface area contributed by atoms with Gasteiger partial charge in [0, 0.05) is 18.1 Å². The van der Waals surface area contributed by atoms with E-state index in [4.69, 9.17) is 0 Å². The second kappa shape index (κ2) is 5.43. The molecule has 23 heavy (non-hydrogen) atoms. The van der Waals surface area contributed by atoms with Crippen LogP contribution in [0.2, 0.25) is 0 Å². The third-order valence-electron chi connectivity index (χ3n) is 4.53. The number of nitrogens with one attached hydrogen (secondary N) is 1. The van der Waals surface area contributed by atoms with Crippen LogP contribution in [0, 0.1) is 0 Å². The number of H-pyrrole nitrogens is 1. The van der Waals surface area contributed by atoms with E-state index in [1.165, 1.54) is 0 Å². The molecule has 2 heterocycles. The zero-order chi connectivity index (χ0) is 15.8. The largest absolute Gasteiger partial charge is 0.506 e. The Morgan fingerprint density at radius 2 is 2.09 bits per heavy atom. The highest BCUT2D eigenvalue weighted by atomic mass is 16.3. The number of aromatic nitrogens is 2. The molecule has 1 saturated heterocycles. The highest BCUT2D eigenvalue weighted by Crippen LogP contribution is 2.35. The number of fused-ring (bicyclic) bond motifs is 1. The molecular weight excluding hydrogens is 290 g/mol. The Bertz CT molecular complexity index is 858. The van der Waals surface area contributed by atoms with Crippen LogP contribution >= 0.6 is 0 Å². The molecule has 1 fully saturated rings. The van der Waals surface area contributed by atoms with Crippen molar-refractivity contribution < 1.29 is 9.90 Å². The first-order valence-electron chi connectivity index (χ1n) is 7.76. The Labute approximate surface area is 133 Å². The molecule has 1 aliphatic rings. The SMILES string of the molecule is O=C(c1ccc2ccccc2c1O)N1CCC[C@@H]1c1ccn[nH]1. The molecule has 1 aliphatic heterocycles. The van der Waals surface area contributed by atoms with Crippen LogP contribution in [0.25, 0.3) is 10.8 Å². The summed E-state index contributed by atoms with van der Waals surface area (Å²) in [4.78, 5) is 14.8. The van der Waals surface area contributed by atoms with E-state index in [0.717, 1.165) is 23.9 Å². The zero-order valence-electron chi connectivity index (χ0n) is 12.6. The summed E-state index contributed by atoms with van der Waals surface area (Å²) in [6, 6.07) is 13.0. The Morgan fingerprint density at radius 3 is 2.91 bits per heavy atom. The number of phenols is 1. The van der Waals surface area contributed by atoms with Crippen molar-refractivity contribution in [3.8, 4) is 5.75 Å². The Morgan fingerprint density at radius 1 is 1.22 bits per heavy atom. The number of aromatic hydroxyl groups is 1. The van der Waals surface area contributed by atoms with Crippen LogP contribution in [-0.4, -0.2) is 32.7 Å². The van der Waals surface area contributed by atoms with Crippen molar-refractivity contribution >= 4 is 16.7 Å². The molecular formula is C18H17N3O2.